The Labute approximate surface area is 161 Å². The molecule has 2 aliphatic heterocycles. The zero-order chi connectivity index (χ0) is 16.1. The maximum absolute atomic E-state index is 5.43. The molecule has 5 nitrogen and oxygen atoms in total. The number of likely N-dealkylation sites (tertiary alicyclic amines) is 1. The van der Waals surface area contributed by atoms with Crippen LogP contribution in [0, 0.1) is 5.92 Å². The Kier molecular flexibility index (Phi) is 7.45. The van der Waals surface area contributed by atoms with E-state index < -0.39 is 0 Å². The van der Waals surface area contributed by atoms with E-state index in [2.05, 4.69) is 36.2 Å². The number of benzene rings is 1. The summed E-state index contributed by atoms with van der Waals surface area (Å²) in [5.74, 6) is 3.58. The maximum Gasteiger partial charge on any atom is 0.231 e. The summed E-state index contributed by atoms with van der Waals surface area (Å²) in [5, 5.41) is 3.43. The van der Waals surface area contributed by atoms with Gasteiger partial charge in [0.25, 0.3) is 0 Å². The molecule has 0 radical (unpaired) electrons. The number of hydrogen-bond acceptors (Lipinski definition) is 3. The summed E-state index contributed by atoms with van der Waals surface area (Å²) in [6.07, 6.45) is 3.43. The first-order valence-electron chi connectivity index (χ1n) is 8.68. The molecule has 1 aromatic rings. The van der Waals surface area contributed by atoms with Gasteiger partial charge in [0, 0.05) is 26.2 Å². The van der Waals surface area contributed by atoms with Crippen LogP contribution in [0.25, 0.3) is 0 Å². The van der Waals surface area contributed by atoms with Crippen LogP contribution in [0.15, 0.2) is 23.2 Å². The lowest BCUT2D eigenvalue weighted by Crippen LogP contribution is -2.45. The van der Waals surface area contributed by atoms with Crippen LogP contribution < -0.4 is 14.8 Å². The van der Waals surface area contributed by atoms with Crippen molar-refractivity contribution in [2.24, 2.45) is 10.9 Å². The van der Waals surface area contributed by atoms with Crippen LogP contribution in [0.1, 0.15) is 32.3 Å². The lowest BCUT2D eigenvalue weighted by Gasteiger charge is -2.33. The molecule has 3 rings (SSSR count). The molecule has 0 spiro atoms. The summed E-state index contributed by atoms with van der Waals surface area (Å²) in [6.45, 7) is 8.70. The summed E-state index contributed by atoms with van der Waals surface area (Å²) in [6, 6.07) is 6.14. The van der Waals surface area contributed by atoms with E-state index >= 15 is 0 Å². The highest BCUT2D eigenvalue weighted by molar-refractivity contribution is 14.0. The fourth-order valence-corrected chi connectivity index (χ4v) is 3.03. The Hall–Kier alpha value is -1.18. The first-order chi connectivity index (χ1) is 11.3. The number of aliphatic imine (C=N–C) groups is 1. The van der Waals surface area contributed by atoms with Crippen LogP contribution in [-0.4, -0.2) is 43.8 Å². The van der Waals surface area contributed by atoms with Crippen LogP contribution >= 0.6 is 24.0 Å². The van der Waals surface area contributed by atoms with E-state index in [-0.39, 0.29) is 24.0 Å². The van der Waals surface area contributed by atoms with E-state index in [4.69, 9.17) is 14.5 Å². The molecular weight excluding hydrogens is 417 g/mol. The molecule has 1 N–H and O–H groups in total. The van der Waals surface area contributed by atoms with Crippen molar-refractivity contribution in [3.8, 4) is 11.5 Å². The zero-order valence-electron chi connectivity index (χ0n) is 14.6. The largest absolute Gasteiger partial charge is 0.454 e. The Balaban J connectivity index is 0.00000208. The molecular formula is C18H28IN3O2. The summed E-state index contributed by atoms with van der Waals surface area (Å²) < 4.78 is 10.8. The van der Waals surface area contributed by atoms with Gasteiger partial charge in [0.1, 0.15) is 0 Å². The van der Waals surface area contributed by atoms with Crippen LogP contribution in [0.3, 0.4) is 0 Å². The van der Waals surface area contributed by atoms with E-state index in [1.54, 1.807) is 0 Å². The molecule has 0 bridgehead atoms. The number of guanidine groups is 1. The number of ether oxygens (including phenoxy) is 2. The molecule has 0 aromatic heterocycles. The fraction of sp³-hybridized carbons (Fsp3) is 0.611. The molecule has 134 valence electrons. The molecule has 0 saturated carbocycles. The van der Waals surface area contributed by atoms with Gasteiger partial charge in [-0.25, -0.2) is 0 Å². The summed E-state index contributed by atoms with van der Waals surface area (Å²) in [4.78, 5) is 7.20. The first-order valence-corrected chi connectivity index (χ1v) is 8.68. The molecule has 0 atom stereocenters. The number of fused-ring (bicyclic) bond motifs is 1. The van der Waals surface area contributed by atoms with Crippen LogP contribution in [0.5, 0.6) is 11.5 Å². The minimum atomic E-state index is 0. The maximum atomic E-state index is 5.43. The SMILES string of the molecule is CCNC(=NCCc1ccc2c(c1)OCO2)N1CCC(C)CC1.I. The number of rotatable bonds is 4. The minimum absolute atomic E-state index is 0. The summed E-state index contributed by atoms with van der Waals surface area (Å²) in [7, 11) is 0. The molecule has 0 amide bonds. The number of halogens is 1. The number of piperidine rings is 1. The van der Waals surface area contributed by atoms with Gasteiger partial charge in [-0.15, -0.1) is 24.0 Å². The molecule has 2 aliphatic rings. The van der Waals surface area contributed by atoms with E-state index in [0.29, 0.717) is 6.79 Å². The number of nitrogens with one attached hydrogen (secondary N) is 1. The van der Waals surface area contributed by atoms with Gasteiger partial charge in [0.15, 0.2) is 17.5 Å². The molecule has 6 heteroatoms. The van der Waals surface area contributed by atoms with Gasteiger partial charge in [-0.3, -0.25) is 4.99 Å². The summed E-state index contributed by atoms with van der Waals surface area (Å²) in [5.41, 5.74) is 1.24. The van der Waals surface area contributed by atoms with Crippen molar-refractivity contribution in [2.45, 2.75) is 33.1 Å². The Morgan fingerprint density at radius 3 is 2.75 bits per heavy atom. The third kappa shape index (κ3) is 4.91. The van der Waals surface area contributed by atoms with Crippen molar-refractivity contribution in [2.75, 3.05) is 33.0 Å². The van der Waals surface area contributed by atoms with E-state index in [1.165, 1.54) is 18.4 Å². The van der Waals surface area contributed by atoms with Gasteiger partial charge < -0.3 is 19.7 Å². The third-order valence-electron chi connectivity index (χ3n) is 4.52. The van der Waals surface area contributed by atoms with Gasteiger partial charge in [0.2, 0.25) is 6.79 Å². The topological polar surface area (TPSA) is 46.1 Å². The third-order valence-corrected chi connectivity index (χ3v) is 4.52. The second-order valence-electron chi connectivity index (χ2n) is 6.34. The van der Waals surface area contributed by atoms with E-state index in [0.717, 1.165) is 56.0 Å². The van der Waals surface area contributed by atoms with Crippen molar-refractivity contribution in [1.29, 1.82) is 0 Å². The van der Waals surface area contributed by atoms with Crippen molar-refractivity contribution < 1.29 is 9.47 Å². The molecule has 2 heterocycles. The van der Waals surface area contributed by atoms with Crippen molar-refractivity contribution in [3.05, 3.63) is 23.8 Å². The highest BCUT2D eigenvalue weighted by Crippen LogP contribution is 2.32. The monoisotopic (exact) mass is 445 g/mol. The predicted octanol–water partition coefficient (Wildman–Crippen LogP) is 3.27. The quantitative estimate of drug-likeness (QED) is 0.439. The molecule has 0 aliphatic carbocycles. The van der Waals surface area contributed by atoms with Crippen molar-refractivity contribution in [1.82, 2.24) is 10.2 Å². The van der Waals surface area contributed by atoms with Gasteiger partial charge in [-0.1, -0.05) is 13.0 Å². The minimum Gasteiger partial charge on any atom is -0.454 e. The molecule has 24 heavy (non-hydrogen) atoms. The van der Waals surface area contributed by atoms with E-state index in [1.807, 2.05) is 6.07 Å². The number of nitrogens with zero attached hydrogens (tertiary/aromatic N) is 2. The van der Waals surface area contributed by atoms with E-state index in [9.17, 15) is 0 Å². The molecule has 0 unspecified atom stereocenters. The summed E-state index contributed by atoms with van der Waals surface area (Å²) >= 11 is 0. The highest BCUT2D eigenvalue weighted by Gasteiger charge is 2.18. The molecule has 1 saturated heterocycles. The average Bonchev–Trinajstić information content (AvgIpc) is 3.02. The second-order valence-corrected chi connectivity index (χ2v) is 6.34. The zero-order valence-corrected chi connectivity index (χ0v) is 16.9. The standard InChI is InChI=1S/C18H27N3O2.HI/c1-3-19-18(21-10-7-14(2)8-11-21)20-9-6-15-4-5-16-17(12-15)23-13-22-16;/h4-5,12,14H,3,6-11,13H2,1-2H3,(H,19,20);1H. The molecule has 1 aromatic carbocycles. The molecule has 1 fully saturated rings. The number of hydrogen-bond donors (Lipinski definition) is 1. The van der Waals surface area contributed by atoms with Crippen molar-refractivity contribution in [3.63, 3.8) is 0 Å². The highest BCUT2D eigenvalue weighted by atomic mass is 127. The van der Waals surface area contributed by atoms with Gasteiger partial charge >= 0.3 is 0 Å². The second kappa shape index (κ2) is 9.34. The lowest BCUT2D eigenvalue weighted by atomic mass is 10.00. The lowest BCUT2D eigenvalue weighted by molar-refractivity contribution is 0.174. The van der Waals surface area contributed by atoms with Crippen LogP contribution in [0.4, 0.5) is 0 Å². The van der Waals surface area contributed by atoms with Gasteiger partial charge in [-0.05, 0) is 49.8 Å². The fourth-order valence-electron chi connectivity index (χ4n) is 3.03. The average molecular weight is 445 g/mol. The van der Waals surface area contributed by atoms with Gasteiger partial charge in [-0.2, -0.15) is 0 Å². The first kappa shape index (κ1) is 19.1. The Morgan fingerprint density at radius 1 is 1.25 bits per heavy atom. The normalized spacial score (nSPS) is 17.6. The smallest absolute Gasteiger partial charge is 0.231 e. The van der Waals surface area contributed by atoms with Crippen molar-refractivity contribution >= 4 is 29.9 Å². The van der Waals surface area contributed by atoms with Gasteiger partial charge in [0.05, 0.1) is 0 Å². The Morgan fingerprint density at radius 2 is 2.00 bits per heavy atom. The van der Waals surface area contributed by atoms with Crippen LogP contribution in [0.2, 0.25) is 0 Å². The Bertz CT molecular complexity index is 557. The predicted molar refractivity (Wildman–Crippen MR) is 108 cm³/mol. The van der Waals surface area contributed by atoms with Crippen LogP contribution in [-0.2, 0) is 6.42 Å².